The van der Waals surface area contributed by atoms with Gasteiger partial charge in [-0.1, -0.05) is 18.2 Å². The Bertz CT molecular complexity index is 1000. The molecule has 0 amide bonds. The lowest BCUT2D eigenvalue weighted by atomic mass is 9.76. The molecule has 27 heavy (non-hydrogen) atoms. The van der Waals surface area contributed by atoms with E-state index in [1.807, 2.05) is 64.2 Å². The van der Waals surface area contributed by atoms with E-state index >= 15 is 0 Å². The molecule has 1 saturated heterocycles. The average Bonchev–Trinajstić information content (AvgIpc) is 2.88. The van der Waals surface area contributed by atoms with Gasteiger partial charge >= 0.3 is 7.12 Å². The van der Waals surface area contributed by atoms with E-state index in [9.17, 15) is 4.79 Å². The number of nitrogens with zero attached hydrogens (tertiary/aromatic N) is 2. The fourth-order valence-corrected chi connectivity index (χ4v) is 3.16. The predicted octanol–water partition coefficient (Wildman–Crippen LogP) is 3.41. The van der Waals surface area contributed by atoms with Gasteiger partial charge in [0, 0.05) is 18.0 Å². The number of aromatic nitrogens is 2. The van der Waals surface area contributed by atoms with Crippen molar-refractivity contribution in [3.8, 4) is 11.3 Å². The summed E-state index contributed by atoms with van der Waals surface area (Å²) in [5.41, 5.74) is 2.27. The fraction of sp³-hybridized carbons (Fsp3) is 0.286. The van der Waals surface area contributed by atoms with Gasteiger partial charge in [-0.05, 0) is 62.1 Å². The van der Waals surface area contributed by atoms with Gasteiger partial charge in [-0.3, -0.25) is 14.8 Å². The Morgan fingerprint density at radius 3 is 2.33 bits per heavy atom. The molecule has 1 fully saturated rings. The van der Waals surface area contributed by atoms with E-state index in [-0.39, 0.29) is 11.2 Å². The first-order chi connectivity index (χ1) is 12.8. The van der Waals surface area contributed by atoms with Crippen LogP contribution in [0.25, 0.3) is 22.0 Å². The highest BCUT2D eigenvalue weighted by Gasteiger charge is 2.52. The SMILES string of the molecule is CC1(C)OB(c2cccc3cc(-c4ccc(C=O)nc4)ncc23)OC1(C)C. The van der Waals surface area contributed by atoms with E-state index in [0.29, 0.717) is 5.69 Å². The first-order valence-corrected chi connectivity index (χ1v) is 8.97. The average molecular weight is 360 g/mol. The summed E-state index contributed by atoms with van der Waals surface area (Å²) in [7, 11) is -0.431. The third kappa shape index (κ3) is 3.05. The van der Waals surface area contributed by atoms with Gasteiger partial charge < -0.3 is 9.31 Å². The third-order valence-corrected chi connectivity index (χ3v) is 5.51. The lowest BCUT2D eigenvalue weighted by Crippen LogP contribution is -2.41. The highest BCUT2D eigenvalue weighted by Crippen LogP contribution is 2.37. The Morgan fingerprint density at radius 1 is 0.963 bits per heavy atom. The number of hydrogen-bond acceptors (Lipinski definition) is 5. The molecular formula is C21H21BN2O3. The van der Waals surface area contributed by atoms with Gasteiger partial charge in [0.1, 0.15) is 5.69 Å². The first-order valence-electron chi connectivity index (χ1n) is 8.97. The van der Waals surface area contributed by atoms with Crippen LogP contribution in [-0.4, -0.2) is 34.6 Å². The quantitative estimate of drug-likeness (QED) is 0.529. The van der Waals surface area contributed by atoms with E-state index in [2.05, 4.69) is 9.97 Å². The maximum atomic E-state index is 10.8. The number of rotatable bonds is 3. The van der Waals surface area contributed by atoms with E-state index in [1.165, 1.54) is 0 Å². The summed E-state index contributed by atoms with van der Waals surface area (Å²) in [5.74, 6) is 0. The number of aldehydes is 1. The lowest BCUT2D eigenvalue weighted by Gasteiger charge is -2.32. The van der Waals surface area contributed by atoms with Crippen molar-refractivity contribution >= 4 is 29.6 Å². The zero-order valence-corrected chi connectivity index (χ0v) is 15.9. The number of benzene rings is 1. The maximum absolute atomic E-state index is 10.8. The Labute approximate surface area is 158 Å². The Hall–Kier alpha value is -2.57. The van der Waals surface area contributed by atoms with Gasteiger partial charge in [-0.2, -0.15) is 0 Å². The summed E-state index contributed by atoms with van der Waals surface area (Å²) in [6.45, 7) is 8.18. The molecule has 3 aromatic rings. The zero-order chi connectivity index (χ0) is 19.2. The minimum atomic E-state index is -0.431. The van der Waals surface area contributed by atoms with Crippen LogP contribution in [0.15, 0.2) is 48.8 Å². The fourth-order valence-electron chi connectivity index (χ4n) is 3.16. The smallest absolute Gasteiger partial charge is 0.399 e. The highest BCUT2D eigenvalue weighted by atomic mass is 16.7. The Morgan fingerprint density at radius 2 is 1.70 bits per heavy atom. The summed E-state index contributed by atoms with van der Waals surface area (Å²) in [6.07, 6.45) is 4.24. The van der Waals surface area contributed by atoms with Crippen LogP contribution in [0, 0.1) is 0 Å². The Kier molecular flexibility index (Phi) is 4.13. The first kappa shape index (κ1) is 17.8. The van der Waals surface area contributed by atoms with Crippen molar-refractivity contribution in [3.05, 3.63) is 54.5 Å². The summed E-state index contributed by atoms with van der Waals surface area (Å²) in [4.78, 5) is 19.5. The van der Waals surface area contributed by atoms with Crippen LogP contribution < -0.4 is 5.46 Å². The van der Waals surface area contributed by atoms with E-state index in [0.717, 1.165) is 33.8 Å². The number of carbonyl (C=O) groups excluding carboxylic acids is 1. The summed E-state index contributed by atoms with van der Waals surface area (Å²) in [5, 5.41) is 2.05. The molecule has 4 rings (SSSR count). The molecule has 0 saturated carbocycles. The van der Waals surface area contributed by atoms with Crippen molar-refractivity contribution in [1.82, 2.24) is 9.97 Å². The minimum Gasteiger partial charge on any atom is -0.399 e. The van der Waals surface area contributed by atoms with Crippen LogP contribution in [0.5, 0.6) is 0 Å². The molecule has 5 nitrogen and oxygen atoms in total. The number of carbonyl (C=O) groups is 1. The molecule has 0 atom stereocenters. The third-order valence-electron chi connectivity index (χ3n) is 5.51. The lowest BCUT2D eigenvalue weighted by molar-refractivity contribution is 0.00578. The van der Waals surface area contributed by atoms with Crippen molar-refractivity contribution in [1.29, 1.82) is 0 Å². The number of pyridine rings is 2. The number of fused-ring (bicyclic) bond motifs is 1. The second-order valence-electron chi connectivity index (χ2n) is 7.82. The molecule has 0 aliphatic carbocycles. The van der Waals surface area contributed by atoms with Crippen LogP contribution in [0.3, 0.4) is 0 Å². The van der Waals surface area contributed by atoms with Gasteiger partial charge in [0.15, 0.2) is 6.29 Å². The van der Waals surface area contributed by atoms with Crippen molar-refractivity contribution in [2.75, 3.05) is 0 Å². The molecule has 1 aliphatic heterocycles. The molecule has 2 aromatic heterocycles. The van der Waals surface area contributed by atoms with Crippen molar-refractivity contribution < 1.29 is 14.1 Å². The number of hydrogen-bond donors (Lipinski definition) is 0. The molecule has 0 bridgehead atoms. The highest BCUT2D eigenvalue weighted by molar-refractivity contribution is 6.65. The molecule has 136 valence electrons. The maximum Gasteiger partial charge on any atom is 0.495 e. The minimum absolute atomic E-state index is 0.390. The van der Waals surface area contributed by atoms with Gasteiger partial charge in [-0.25, -0.2) is 0 Å². The van der Waals surface area contributed by atoms with Crippen LogP contribution in [0.1, 0.15) is 38.2 Å². The zero-order valence-electron chi connectivity index (χ0n) is 15.9. The monoisotopic (exact) mass is 360 g/mol. The molecule has 0 spiro atoms. The molecule has 0 N–H and O–H groups in total. The standard InChI is InChI=1S/C21H21BN2O3/c1-20(2)21(3,4)27-22(26-20)18-7-5-6-14-10-19(24-12-17(14)18)15-8-9-16(13-25)23-11-15/h5-13H,1-4H3. The van der Waals surface area contributed by atoms with Crippen LogP contribution >= 0.6 is 0 Å². The van der Waals surface area contributed by atoms with E-state index in [4.69, 9.17) is 9.31 Å². The van der Waals surface area contributed by atoms with Crippen molar-refractivity contribution in [3.63, 3.8) is 0 Å². The van der Waals surface area contributed by atoms with E-state index < -0.39 is 7.12 Å². The summed E-state index contributed by atoms with van der Waals surface area (Å²) >= 11 is 0. The van der Waals surface area contributed by atoms with Gasteiger partial charge in [0.05, 0.1) is 16.9 Å². The Balaban J connectivity index is 1.74. The van der Waals surface area contributed by atoms with Crippen molar-refractivity contribution in [2.45, 2.75) is 38.9 Å². The molecule has 3 heterocycles. The molecule has 1 aromatic carbocycles. The van der Waals surface area contributed by atoms with Gasteiger partial charge in [0.2, 0.25) is 0 Å². The van der Waals surface area contributed by atoms with E-state index in [1.54, 1.807) is 12.3 Å². The largest absolute Gasteiger partial charge is 0.495 e. The normalized spacial score (nSPS) is 18.0. The predicted molar refractivity (Wildman–Crippen MR) is 106 cm³/mol. The second kappa shape index (κ2) is 6.25. The molecule has 0 radical (unpaired) electrons. The van der Waals surface area contributed by atoms with Crippen LogP contribution in [0.2, 0.25) is 0 Å². The summed E-state index contributed by atoms with van der Waals surface area (Å²) in [6, 6.07) is 11.6. The molecule has 1 aliphatic rings. The molecule has 0 unspecified atom stereocenters. The topological polar surface area (TPSA) is 61.3 Å². The second-order valence-corrected chi connectivity index (χ2v) is 7.82. The van der Waals surface area contributed by atoms with Crippen LogP contribution in [0.4, 0.5) is 0 Å². The van der Waals surface area contributed by atoms with Crippen molar-refractivity contribution in [2.24, 2.45) is 0 Å². The van der Waals surface area contributed by atoms with Crippen LogP contribution in [-0.2, 0) is 9.31 Å². The van der Waals surface area contributed by atoms with Gasteiger partial charge in [-0.15, -0.1) is 0 Å². The van der Waals surface area contributed by atoms with Gasteiger partial charge in [0.25, 0.3) is 0 Å². The summed E-state index contributed by atoms with van der Waals surface area (Å²) < 4.78 is 12.4. The molecular weight excluding hydrogens is 339 g/mol. The molecule has 6 heteroatoms.